The lowest BCUT2D eigenvalue weighted by atomic mass is 10.1. The standard InChI is InChI=1S/C30H29F2N5O5S/c1-5-25(39)35-13-14-36(18(4)16-35)28-19-15-21(32)27(26-20(31)9-8-11-23(26)38)33-29(19)37(30(40)34-28)22-10-6-7-12-24(22)43(41,42)17(2)3/h5-12,15,17-18,38H,1,13-14,16H2,2-4H3/t18-/m0/s1. The number of sulfone groups is 1. The van der Waals surface area contributed by atoms with Crippen LogP contribution in [0.3, 0.4) is 0 Å². The van der Waals surface area contributed by atoms with Crippen LogP contribution in [0.4, 0.5) is 14.6 Å². The minimum absolute atomic E-state index is 0.0452. The number of hydrogen-bond acceptors (Lipinski definition) is 8. The van der Waals surface area contributed by atoms with Crippen molar-refractivity contribution in [3.05, 3.63) is 83.3 Å². The molecule has 1 N–H and O–H groups in total. The van der Waals surface area contributed by atoms with Gasteiger partial charge in [-0.15, -0.1) is 0 Å². The zero-order valence-electron chi connectivity index (χ0n) is 23.7. The van der Waals surface area contributed by atoms with Crippen LogP contribution in [-0.2, 0) is 14.6 Å². The second-order valence-corrected chi connectivity index (χ2v) is 12.9. The maximum Gasteiger partial charge on any atom is 0.355 e. The van der Waals surface area contributed by atoms with E-state index < -0.39 is 49.4 Å². The number of pyridine rings is 1. The van der Waals surface area contributed by atoms with Crippen molar-refractivity contribution >= 4 is 32.6 Å². The number of rotatable bonds is 6. The van der Waals surface area contributed by atoms with Gasteiger partial charge >= 0.3 is 5.69 Å². The molecule has 0 aliphatic carbocycles. The van der Waals surface area contributed by atoms with Gasteiger partial charge in [0.2, 0.25) is 5.91 Å². The molecule has 1 aliphatic heterocycles. The van der Waals surface area contributed by atoms with Crippen molar-refractivity contribution in [1.82, 2.24) is 19.4 Å². The van der Waals surface area contributed by atoms with Crippen molar-refractivity contribution in [2.45, 2.75) is 37.0 Å². The molecule has 0 bridgehead atoms. The van der Waals surface area contributed by atoms with Crippen LogP contribution >= 0.6 is 0 Å². The molecule has 1 saturated heterocycles. The van der Waals surface area contributed by atoms with E-state index in [2.05, 4.69) is 16.5 Å². The lowest BCUT2D eigenvalue weighted by Crippen LogP contribution is -2.54. The van der Waals surface area contributed by atoms with Crippen molar-refractivity contribution < 1.29 is 27.1 Å². The first-order valence-electron chi connectivity index (χ1n) is 13.5. The molecule has 2 aromatic carbocycles. The molecule has 1 atom stereocenters. The number of hydrogen-bond donors (Lipinski definition) is 1. The lowest BCUT2D eigenvalue weighted by molar-refractivity contribution is -0.126. The molecule has 224 valence electrons. The van der Waals surface area contributed by atoms with Gasteiger partial charge in [-0.1, -0.05) is 24.8 Å². The third-order valence-electron chi connectivity index (χ3n) is 7.45. The van der Waals surface area contributed by atoms with Gasteiger partial charge in [-0.3, -0.25) is 4.79 Å². The van der Waals surface area contributed by atoms with E-state index in [0.717, 1.165) is 16.7 Å². The van der Waals surface area contributed by atoms with E-state index in [0.29, 0.717) is 0 Å². The number of nitrogens with zero attached hydrogens (tertiary/aromatic N) is 5. The van der Waals surface area contributed by atoms with Gasteiger partial charge < -0.3 is 14.9 Å². The van der Waals surface area contributed by atoms with Crippen LogP contribution in [0.15, 0.2) is 70.9 Å². The van der Waals surface area contributed by atoms with Crippen molar-refractivity contribution in [2.75, 3.05) is 24.5 Å². The zero-order valence-corrected chi connectivity index (χ0v) is 24.5. The fourth-order valence-corrected chi connectivity index (χ4v) is 6.43. The van der Waals surface area contributed by atoms with Crippen molar-refractivity contribution in [3.63, 3.8) is 0 Å². The van der Waals surface area contributed by atoms with E-state index >= 15 is 4.39 Å². The van der Waals surface area contributed by atoms with Gasteiger partial charge in [-0.05, 0) is 57.2 Å². The van der Waals surface area contributed by atoms with Crippen LogP contribution in [-0.4, -0.2) is 69.8 Å². The second kappa shape index (κ2) is 11.2. The summed E-state index contributed by atoms with van der Waals surface area (Å²) in [6.45, 7) is 9.10. The molecule has 1 aliphatic rings. The number of aromatic nitrogens is 3. The minimum Gasteiger partial charge on any atom is -0.507 e. The number of amides is 1. The molecule has 5 rings (SSSR count). The predicted octanol–water partition coefficient (Wildman–Crippen LogP) is 3.84. The highest BCUT2D eigenvalue weighted by Gasteiger charge is 2.31. The number of carbonyl (C=O) groups is 1. The smallest absolute Gasteiger partial charge is 0.355 e. The zero-order chi connectivity index (χ0) is 31.2. The first-order valence-corrected chi connectivity index (χ1v) is 15.0. The lowest BCUT2D eigenvalue weighted by Gasteiger charge is -2.40. The Morgan fingerprint density at radius 2 is 1.81 bits per heavy atom. The molecule has 0 spiro atoms. The van der Waals surface area contributed by atoms with Crippen molar-refractivity contribution in [3.8, 4) is 22.7 Å². The van der Waals surface area contributed by atoms with Crippen LogP contribution in [0.5, 0.6) is 5.75 Å². The van der Waals surface area contributed by atoms with Gasteiger partial charge in [-0.25, -0.2) is 31.5 Å². The van der Waals surface area contributed by atoms with Gasteiger partial charge in [0.25, 0.3) is 0 Å². The number of halogens is 2. The summed E-state index contributed by atoms with van der Waals surface area (Å²) >= 11 is 0. The SMILES string of the molecule is C=CC(=O)N1CCN(c2nc(=O)n(-c3ccccc3S(=O)(=O)C(C)C)c3nc(-c4c(O)cccc4F)c(F)cc23)[C@@H](C)C1. The molecule has 10 nitrogen and oxygen atoms in total. The van der Waals surface area contributed by atoms with E-state index in [4.69, 9.17) is 0 Å². The third kappa shape index (κ3) is 5.13. The topological polar surface area (TPSA) is 126 Å². The van der Waals surface area contributed by atoms with Crippen LogP contribution in [0.1, 0.15) is 20.8 Å². The van der Waals surface area contributed by atoms with E-state index in [1.807, 2.05) is 6.92 Å². The second-order valence-electron chi connectivity index (χ2n) is 10.5. The maximum absolute atomic E-state index is 15.8. The van der Waals surface area contributed by atoms with Gasteiger partial charge in [0.1, 0.15) is 23.1 Å². The van der Waals surface area contributed by atoms with Gasteiger partial charge in [-0.2, -0.15) is 4.98 Å². The minimum atomic E-state index is -3.93. The molecule has 1 fully saturated rings. The van der Waals surface area contributed by atoms with Crippen LogP contribution < -0.4 is 10.6 Å². The number of piperazine rings is 1. The molecule has 0 saturated carbocycles. The van der Waals surface area contributed by atoms with E-state index in [1.54, 1.807) is 9.80 Å². The van der Waals surface area contributed by atoms with Gasteiger partial charge in [0.05, 0.1) is 26.8 Å². The summed E-state index contributed by atoms with van der Waals surface area (Å²) in [4.78, 5) is 37.8. The maximum atomic E-state index is 15.8. The monoisotopic (exact) mass is 609 g/mol. The Kier molecular flexibility index (Phi) is 7.78. The molecular formula is C30H29F2N5O5S. The fraction of sp³-hybridized carbons (Fsp3) is 0.267. The first-order chi connectivity index (χ1) is 20.4. The van der Waals surface area contributed by atoms with E-state index in [-0.39, 0.29) is 59.0 Å². The normalized spacial score (nSPS) is 15.7. The fourth-order valence-electron chi connectivity index (χ4n) is 5.20. The molecule has 3 heterocycles. The largest absolute Gasteiger partial charge is 0.507 e. The highest BCUT2D eigenvalue weighted by Crippen LogP contribution is 2.36. The number of para-hydroxylation sites is 1. The Morgan fingerprint density at radius 3 is 2.47 bits per heavy atom. The van der Waals surface area contributed by atoms with Gasteiger partial charge in [0, 0.05) is 25.7 Å². The number of carbonyl (C=O) groups excluding carboxylic acids is 1. The van der Waals surface area contributed by atoms with Crippen LogP contribution in [0.25, 0.3) is 28.0 Å². The van der Waals surface area contributed by atoms with Crippen LogP contribution in [0, 0.1) is 11.6 Å². The average Bonchev–Trinajstić information content (AvgIpc) is 2.96. The van der Waals surface area contributed by atoms with Crippen molar-refractivity contribution in [1.29, 1.82) is 0 Å². The molecule has 0 unspecified atom stereocenters. The van der Waals surface area contributed by atoms with Gasteiger partial charge in [0.15, 0.2) is 21.3 Å². The average molecular weight is 610 g/mol. The number of benzene rings is 2. The summed E-state index contributed by atoms with van der Waals surface area (Å²) < 4.78 is 58.3. The highest BCUT2D eigenvalue weighted by molar-refractivity contribution is 7.92. The molecule has 1 amide bonds. The Hall–Kier alpha value is -4.65. The Labute approximate surface area is 246 Å². The summed E-state index contributed by atoms with van der Waals surface area (Å²) in [6.07, 6.45) is 1.21. The van der Waals surface area contributed by atoms with Crippen LogP contribution in [0.2, 0.25) is 0 Å². The van der Waals surface area contributed by atoms with E-state index in [1.165, 1.54) is 56.3 Å². The number of fused-ring (bicyclic) bond motifs is 1. The molecule has 13 heteroatoms. The number of aromatic hydroxyl groups is 1. The number of phenolic OH excluding ortho intramolecular Hbond substituents is 1. The summed E-state index contributed by atoms with van der Waals surface area (Å²) in [7, 11) is -3.93. The summed E-state index contributed by atoms with van der Waals surface area (Å²) in [6, 6.07) is 9.92. The quantitative estimate of drug-likeness (QED) is 0.327. The number of anilines is 1. The Bertz CT molecular complexity index is 1920. The highest BCUT2D eigenvalue weighted by atomic mass is 32.2. The molecule has 0 radical (unpaired) electrons. The summed E-state index contributed by atoms with van der Waals surface area (Å²) in [5, 5.41) is 9.63. The molecular weight excluding hydrogens is 580 g/mol. The summed E-state index contributed by atoms with van der Waals surface area (Å²) in [5.41, 5.74) is -2.27. The molecule has 43 heavy (non-hydrogen) atoms. The first kappa shape index (κ1) is 29.8. The Balaban J connectivity index is 1.84. The summed E-state index contributed by atoms with van der Waals surface area (Å²) in [5.74, 6) is -2.72. The molecule has 4 aromatic rings. The number of phenols is 1. The Morgan fingerprint density at radius 1 is 1.09 bits per heavy atom. The molecule has 2 aromatic heterocycles. The third-order valence-corrected chi connectivity index (χ3v) is 9.65. The predicted molar refractivity (Wildman–Crippen MR) is 158 cm³/mol. The van der Waals surface area contributed by atoms with Crippen molar-refractivity contribution in [2.24, 2.45) is 0 Å². The van der Waals surface area contributed by atoms with E-state index in [9.17, 15) is 27.5 Å².